The summed E-state index contributed by atoms with van der Waals surface area (Å²) in [6.07, 6.45) is 2.64. The quantitative estimate of drug-likeness (QED) is 0.685. The van der Waals surface area contributed by atoms with E-state index < -0.39 is 0 Å². The van der Waals surface area contributed by atoms with Gasteiger partial charge < -0.3 is 4.57 Å². The van der Waals surface area contributed by atoms with E-state index >= 15 is 0 Å². The van der Waals surface area contributed by atoms with Gasteiger partial charge in [0.1, 0.15) is 16.3 Å². The van der Waals surface area contributed by atoms with Crippen LogP contribution in [0.25, 0.3) is 11.2 Å². The van der Waals surface area contributed by atoms with Gasteiger partial charge in [0.2, 0.25) is 0 Å². The summed E-state index contributed by atoms with van der Waals surface area (Å²) in [5.41, 5.74) is 2.82. The average molecular weight is 321 g/mol. The van der Waals surface area contributed by atoms with E-state index in [1.165, 1.54) is 4.88 Å². The van der Waals surface area contributed by atoms with E-state index in [1.807, 2.05) is 25.3 Å². The Balaban J connectivity index is 2.18. The van der Waals surface area contributed by atoms with E-state index in [9.17, 15) is 0 Å². The van der Waals surface area contributed by atoms with E-state index in [1.54, 1.807) is 11.3 Å². The second kappa shape index (κ2) is 5.73. The maximum atomic E-state index is 5.93. The molecule has 6 heteroatoms. The second-order valence-electron chi connectivity index (χ2n) is 5.12. The van der Waals surface area contributed by atoms with Crippen LogP contribution in [0.5, 0.6) is 0 Å². The lowest BCUT2D eigenvalue weighted by Crippen LogP contribution is -2.12. The lowest BCUT2D eigenvalue weighted by Gasteiger charge is -2.14. The topological polar surface area (TPSA) is 43.6 Å². The Hall–Kier alpha value is -1.46. The summed E-state index contributed by atoms with van der Waals surface area (Å²) in [6.45, 7) is 6.21. The largest absolute Gasteiger partial charge is 0.303 e. The van der Waals surface area contributed by atoms with Crippen molar-refractivity contribution in [2.75, 3.05) is 5.88 Å². The average Bonchev–Trinajstić information content (AvgIpc) is 3.02. The fourth-order valence-electron chi connectivity index (χ4n) is 2.46. The summed E-state index contributed by atoms with van der Waals surface area (Å²) in [6, 6.07) is 4.12. The number of aromatic nitrogens is 4. The maximum Gasteiger partial charge on any atom is 0.160 e. The van der Waals surface area contributed by atoms with Crippen molar-refractivity contribution in [3.05, 3.63) is 39.7 Å². The molecule has 3 aromatic rings. The molecule has 0 aliphatic heterocycles. The molecule has 21 heavy (non-hydrogen) atoms. The van der Waals surface area contributed by atoms with E-state index in [-0.39, 0.29) is 6.04 Å². The predicted molar refractivity (Wildman–Crippen MR) is 87.4 cm³/mol. The van der Waals surface area contributed by atoms with Gasteiger partial charge in [-0.2, -0.15) is 0 Å². The first-order chi connectivity index (χ1) is 10.1. The lowest BCUT2D eigenvalue weighted by atomic mass is 10.3. The second-order valence-corrected chi connectivity index (χ2v) is 6.76. The van der Waals surface area contributed by atoms with Gasteiger partial charge >= 0.3 is 0 Å². The minimum Gasteiger partial charge on any atom is -0.303 e. The molecule has 0 radical (unpaired) electrons. The van der Waals surface area contributed by atoms with Crippen LogP contribution in [0.15, 0.2) is 18.3 Å². The Labute approximate surface area is 132 Å². The molecule has 0 spiro atoms. The smallest absolute Gasteiger partial charge is 0.160 e. The molecule has 0 amide bonds. The zero-order chi connectivity index (χ0) is 15.0. The lowest BCUT2D eigenvalue weighted by molar-refractivity contribution is 0.615. The number of imidazole rings is 1. The summed E-state index contributed by atoms with van der Waals surface area (Å²) in [4.78, 5) is 15.1. The Morgan fingerprint density at radius 1 is 1.29 bits per heavy atom. The molecule has 3 aromatic heterocycles. The molecule has 0 aromatic carbocycles. The molecule has 3 rings (SSSR count). The minimum atomic E-state index is 0.112. The van der Waals surface area contributed by atoms with Crippen molar-refractivity contribution >= 4 is 34.1 Å². The van der Waals surface area contributed by atoms with Gasteiger partial charge in [0.25, 0.3) is 0 Å². The first-order valence-electron chi connectivity index (χ1n) is 6.93. The van der Waals surface area contributed by atoms with Crippen LogP contribution in [0.3, 0.4) is 0 Å². The monoisotopic (exact) mass is 320 g/mol. The van der Waals surface area contributed by atoms with Gasteiger partial charge in [-0.3, -0.25) is 0 Å². The molecule has 0 bridgehead atoms. The van der Waals surface area contributed by atoms with E-state index in [0.29, 0.717) is 5.88 Å². The molecule has 0 aliphatic carbocycles. The summed E-state index contributed by atoms with van der Waals surface area (Å²) in [7, 11) is 0. The number of halogens is 1. The number of rotatable bonds is 4. The van der Waals surface area contributed by atoms with Gasteiger partial charge in [0.15, 0.2) is 5.65 Å². The predicted octanol–water partition coefficient (Wildman–Crippen LogP) is 3.90. The standard InChI is InChI=1S/C15H17ClN4S/c1-9-4-5-12-14(18-9)20(13(19-12)6-7-16)11(3)15-17-8-10(2)21-15/h4-5,8,11H,6-7H2,1-3H3. The number of aryl methyl sites for hydroxylation is 3. The van der Waals surface area contributed by atoms with Crippen LogP contribution in [0, 0.1) is 13.8 Å². The summed E-state index contributed by atoms with van der Waals surface area (Å²) >= 11 is 7.65. The third-order valence-electron chi connectivity index (χ3n) is 3.45. The van der Waals surface area contributed by atoms with Gasteiger partial charge in [0.05, 0.1) is 6.04 Å². The number of pyridine rings is 1. The molecule has 4 nitrogen and oxygen atoms in total. The van der Waals surface area contributed by atoms with E-state index in [2.05, 4.69) is 33.4 Å². The Bertz CT molecular complexity index is 777. The van der Waals surface area contributed by atoms with Gasteiger partial charge in [-0.05, 0) is 32.9 Å². The van der Waals surface area contributed by atoms with Crippen LogP contribution in [0.1, 0.15) is 34.4 Å². The van der Waals surface area contributed by atoms with Crippen molar-refractivity contribution in [1.82, 2.24) is 19.5 Å². The van der Waals surface area contributed by atoms with Crippen LogP contribution in [-0.2, 0) is 6.42 Å². The highest BCUT2D eigenvalue weighted by Crippen LogP contribution is 2.28. The maximum absolute atomic E-state index is 5.93. The van der Waals surface area contributed by atoms with Crippen molar-refractivity contribution in [3.63, 3.8) is 0 Å². The number of fused-ring (bicyclic) bond motifs is 1. The van der Waals surface area contributed by atoms with Crippen molar-refractivity contribution in [3.8, 4) is 0 Å². The van der Waals surface area contributed by atoms with Gasteiger partial charge in [-0.25, -0.2) is 15.0 Å². The van der Waals surface area contributed by atoms with Crippen LogP contribution in [-0.4, -0.2) is 25.4 Å². The fraction of sp³-hybridized carbons (Fsp3) is 0.400. The number of hydrogen-bond donors (Lipinski definition) is 0. The first-order valence-corrected chi connectivity index (χ1v) is 8.28. The SMILES string of the molecule is Cc1ccc2nc(CCCl)n(C(C)c3ncc(C)s3)c2n1. The number of alkyl halides is 1. The van der Waals surface area contributed by atoms with Gasteiger partial charge in [-0.1, -0.05) is 0 Å². The molecule has 0 aliphatic rings. The number of thiazole rings is 1. The molecular formula is C15H17ClN4S. The Morgan fingerprint density at radius 2 is 2.10 bits per heavy atom. The van der Waals surface area contributed by atoms with Gasteiger partial charge in [-0.15, -0.1) is 22.9 Å². The third kappa shape index (κ3) is 2.68. The Morgan fingerprint density at radius 3 is 2.76 bits per heavy atom. The zero-order valence-electron chi connectivity index (χ0n) is 12.3. The molecule has 3 heterocycles. The summed E-state index contributed by atoms with van der Waals surface area (Å²) in [5.74, 6) is 1.52. The highest BCUT2D eigenvalue weighted by molar-refractivity contribution is 7.11. The molecular weight excluding hydrogens is 304 g/mol. The molecule has 0 saturated heterocycles. The number of nitrogens with zero attached hydrogens (tertiary/aromatic N) is 4. The van der Waals surface area contributed by atoms with Crippen LogP contribution >= 0.6 is 22.9 Å². The highest BCUT2D eigenvalue weighted by Gasteiger charge is 2.20. The van der Waals surface area contributed by atoms with Crippen molar-refractivity contribution in [2.24, 2.45) is 0 Å². The zero-order valence-corrected chi connectivity index (χ0v) is 13.9. The molecule has 0 saturated carbocycles. The van der Waals surface area contributed by atoms with Crippen molar-refractivity contribution < 1.29 is 0 Å². The fourth-order valence-corrected chi connectivity index (χ4v) is 3.44. The number of hydrogen-bond acceptors (Lipinski definition) is 4. The first kappa shape index (κ1) is 14.5. The molecule has 1 atom stereocenters. The minimum absolute atomic E-state index is 0.112. The van der Waals surface area contributed by atoms with Crippen LogP contribution in [0.2, 0.25) is 0 Å². The van der Waals surface area contributed by atoms with Crippen molar-refractivity contribution in [2.45, 2.75) is 33.2 Å². The van der Waals surface area contributed by atoms with E-state index in [0.717, 1.165) is 34.1 Å². The van der Waals surface area contributed by atoms with Crippen LogP contribution < -0.4 is 0 Å². The Kier molecular flexibility index (Phi) is 3.95. The van der Waals surface area contributed by atoms with Crippen molar-refractivity contribution in [1.29, 1.82) is 0 Å². The normalized spacial score (nSPS) is 13.0. The summed E-state index contributed by atoms with van der Waals surface area (Å²) in [5, 5.41) is 1.07. The third-order valence-corrected chi connectivity index (χ3v) is 4.72. The molecule has 110 valence electrons. The van der Waals surface area contributed by atoms with E-state index in [4.69, 9.17) is 11.6 Å². The molecule has 0 N–H and O–H groups in total. The molecule has 0 fully saturated rings. The molecule has 1 unspecified atom stereocenters. The van der Waals surface area contributed by atoms with Crippen LogP contribution in [0.4, 0.5) is 0 Å². The summed E-state index contributed by atoms with van der Waals surface area (Å²) < 4.78 is 2.17. The van der Waals surface area contributed by atoms with Gasteiger partial charge in [0, 0.05) is 29.1 Å². The highest BCUT2D eigenvalue weighted by atomic mass is 35.5.